The number of likely N-dealkylation sites (tertiary alicyclic amines) is 1. The molecule has 24 heavy (non-hydrogen) atoms. The molecule has 132 valence electrons. The van der Waals surface area contributed by atoms with Crippen LogP contribution in [-0.2, 0) is 16.0 Å². The molecule has 0 aliphatic carbocycles. The number of para-hydroxylation sites is 1. The highest BCUT2D eigenvalue weighted by Crippen LogP contribution is 2.27. The Morgan fingerprint density at radius 1 is 1.25 bits per heavy atom. The number of carbonyl (C=O) groups is 2. The predicted octanol–water partition coefficient (Wildman–Crippen LogP) is 2.98. The van der Waals surface area contributed by atoms with Crippen molar-refractivity contribution >= 4 is 11.9 Å². The second-order valence-corrected chi connectivity index (χ2v) is 5.59. The van der Waals surface area contributed by atoms with Crippen molar-refractivity contribution in [1.29, 1.82) is 0 Å². The maximum atomic E-state index is 12.4. The minimum atomic E-state index is -4.80. The Bertz CT molecular complexity index is 603. The van der Waals surface area contributed by atoms with Gasteiger partial charge in [-0.05, 0) is 37.3 Å². The third kappa shape index (κ3) is 4.87. The number of halogens is 3. The van der Waals surface area contributed by atoms with Gasteiger partial charge in [0.05, 0.1) is 0 Å². The molecule has 0 radical (unpaired) electrons. The Labute approximate surface area is 137 Å². The van der Waals surface area contributed by atoms with Crippen LogP contribution in [0.5, 0.6) is 5.75 Å². The van der Waals surface area contributed by atoms with Crippen molar-refractivity contribution in [3.8, 4) is 5.75 Å². The number of carbonyl (C=O) groups excluding carboxylic acids is 1. The SMILES string of the molecule is O=C(O)C1CCCCN1C(=O)CCc1ccccc1OC(F)(F)F. The fourth-order valence-corrected chi connectivity index (χ4v) is 2.81. The quantitative estimate of drug-likeness (QED) is 0.891. The molecule has 1 fully saturated rings. The van der Waals surface area contributed by atoms with E-state index in [9.17, 15) is 27.9 Å². The van der Waals surface area contributed by atoms with E-state index in [1.54, 1.807) is 6.07 Å². The molecule has 5 nitrogen and oxygen atoms in total. The van der Waals surface area contributed by atoms with Crippen LogP contribution >= 0.6 is 0 Å². The van der Waals surface area contributed by atoms with Gasteiger partial charge in [-0.2, -0.15) is 0 Å². The van der Waals surface area contributed by atoms with Crippen molar-refractivity contribution in [2.75, 3.05) is 6.54 Å². The number of hydrogen-bond donors (Lipinski definition) is 1. The molecule has 0 saturated carbocycles. The molecule has 2 rings (SSSR count). The van der Waals surface area contributed by atoms with Crippen molar-refractivity contribution in [2.24, 2.45) is 0 Å². The first-order chi connectivity index (χ1) is 11.3. The van der Waals surface area contributed by atoms with Gasteiger partial charge >= 0.3 is 12.3 Å². The van der Waals surface area contributed by atoms with Crippen LogP contribution in [0.1, 0.15) is 31.2 Å². The maximum Gasteiger partial charge on any atom is 0.573 e. The lowest BCUT2D eigenvalue weighted by molar-refractivity contribution is -0.274. The molecule has 0 spiro atoms. The van der Waals surface area contributed by atoms with E-state index < -0.39 is 18.4 Å². The molecule has 1 unspecified atom stereocenters. The lowest BCUT2D eigenvalue weighted by atomic mass is 10.0. The van der Waals surface area contributed by atoms with Gasteiger partial charge in [0, 0.05) is 13.0 Å². The van der Waals surface area contributed by atoms with Crippen LogP contribution in [0.2, 0.25) is 0 Å². The third-order valence-corrected chi connectivity index (χ3v) is 3.91. The van der Waals surface area contributed by atoms with Gasteiger partial charge in [0.2, 0.25) is 5.91 Å². The average molecular weight is 345 g/mol. The first-order valence-electron chi connectivity index (χ1n) is 7.64. The number of carboxylic acid groups (broad SMARTS) is 1. The Balaban J connectivity index is 2.02. The second kappa shape index (κ2) is 7.55. The zero-order chi connectivity index (χ0) is 17.7. The Morgan fingerprint density at radius 3 is 2.62 bits per heavy atom. The number of hydrogen-bond acceptors (Lipinski definition) is 3. The predicted molar refractivity (Wildman–Crippen MR) is 78.4 cm³/mol. The number of amides is 1. The van der Waals surface area contributed by atoms with E-state index >= 15 is 0 Å². The number of rotatable bonds is 5. The molecule has 1 aliphatic heterocycles. The highest BCUT2D eigenvalue weighted by Gasteiger charge is 2.33. The molecular formula is C16H18F3NO4. The van der Waals surface area contributed by atoms with Gasteiger partial charge in [-0.3, -0.25) is 4.79 Å². The molecule has 0 aromatic heterocycles. The smallest absolute Gasteiger partial charge is 0.480 e. The van der Waals surface area contributed by atoms with E-state index in [1.165, 1.54) is 23.1 Å². The van der Waals surface area contributed by atoms with E-state index in [0.717, 1.165) is 12.8 Å². The monoisotopic (exact) mass is 345 g/mol. The summed E-state index contributed by atoms with van der Waals surface area (Å²) in [6.45, 7) is 0.358. The number of nitrogens with zero attached hydrogens (tertiary/aromatic N) is 1. The number of ether oxygens (including phenoxy) is 1. The minimum Gasteiger partial charge on any atom is -0.480 e. The lowest BCUT2D eigenvalue weighted by Crippen LogP contribution is -2.48. The zero-order valence-electron chi connectivity index (χ0n) is 12.9. The number of carboxylic acids is 1. The largest absolute Gasteiger partial charge is 0.573 e. The third-order valence-electron chi connectivity index (χ3n) is 3.91. The molecule has 1 amide bonds. The van der Waals surface area contributed by atoms with Crippen LogP contribution in [0.15, 0.2) is 24.3 Å². The normalized spacial score (nSPS) is 18.3. The summed E-state index contributed by atoms with van der Waals surface area (Å²) in [4.78, 5) is 24.8. The van der Waals surface area contributed by atoms with E-state index in [0.29, 0.717) is 13.0 Å². The van der Waals surface area contributed by atoms with Crippen molar-refractivity contribution < 1.29 is 32.6 Å². The molecule has 1 saturated heterocycles. The van der Waals surface area contributed by atoms with Gasteiger partial charge in [-0.1, -0.05) is 18.2 Å². The van der Waals surface area contributed by atoms with Gasteiger partial charge < -0.3 is 14.7 Å². The number of benzene rings is 1. The molecule has 1 aliphatic rings. The van der Waals surface area contributed by atoms with Gasteiger partial charge in [-0.15, -0.1) is 13.2 Å². The summed E-state index contributed by atoms with van der Waals surface area (Å²) < 4.78 is 41.1. The van der Waals surface area contributed by atoms with Crippen LogP contribution in [0, 0.1) is 0 Å². The standard InChI is InChI=1S/C16H18F3NO4/c17-16(18,19)24-13-7-2-1-5-11(13)8-9-14(21)20-10-4-3-6-12(20)15(22)23/h1-2,5,7,12H,3-4,6,8-10H2,(H,22,23). The summed E-state index contributed by atoms with van der Waals surface area (Å²) >= 11 is 0. The highest BCUT2D eigenvalue weighted by atomic mass is 19.4. The Hall–Kier alpha value is -2.25. The summed E-state index contributed by atoms with van der Waals surface area (Å²) in [5.41, 5.74) is 0.257. The topological polar surface area (TPSA) is 66.8 Å². The van der Waals surface area contributed by atoms with Gasteiger partial charge in [-0.25, -0.2) is 4.79 Å². The van der Waals surface area contributed by atoms with Crippen molar-refractivity contribution in [1.82, 2.24) is 4.90 Å². The Kier molecular flexibility index (Phi) is 5.69. The lowest BCUT2D eigenvalue weighted by Gasteiger charge is -2.33. The second-order valence-electron chi connectivity index (χ2n) is 5.59. The molecule has 8 heteroatoms. The van der Waals surface area contributed by atoms with E-state index in [1.807, 2.05) is 0 Å². The molecular weight excluding hydrogens is 327 g/mol. The zero-order valence-corrected chi connectivity index (χ0v) is 12.9. The summed E-state index contributed by atoms with van der Waals surface area (Å²) in [7, 11) is 0. The minimum absolute atomic E-state index is 0.0495. The van der Waals surface area contributed by atoms with Gasteiger partial charge in [0.1, 0.15) is 11.8 Å². The van der Waals surface area contributed by atoms with Crippen LogP contribution < -0.4 is 4.74 Å². The fourth-order valence-electron chi connectivity index (χ4n) is 2.81. The van der Waals surface area contributed by atoms with Crippen LogP contribution in [-0.4, -0.2) is 40.8 Å². The number of alkyl halides is 3. The summed E-state index contributed by atoms with van der Waals surface area (Å²) in [6, 6.07) is 4.77. The fraction of sp³-hybridized carbons (Fsp3) is 0.500. The molecule has 0 bridgehead atoms. The van der Waals surface area contributed by atoms with Gasteiger partial charge in [0.15, 0.2) is 0 Å². The molecule has 1 heterocycles. The van der Waals surface area contributed by atoms with Gasteiger partial charge in [0.25, 0.3) is 0 Å². The van der Waals surface area contributed by atoms with E-state index in [-0.39, 0.29) is 30.1 Å². The van der Waals surface area contributed by atoms with Crippen molar-refractivity contribution in [3.05, 3.63) is 29.8 Å². The average Bonchev–Trinajstić information content (AvgIpc) is 2.52. The first-order valence-corrected chi connectivity index (χ1v) is 7.64. The number of aryl methyl sites for hydroxylation is 1. The van der Waals surface area contributed by atoms with Crippen LogP contribution in [0.4, 0.5) is 13.2 Å². The van der Waals surface area contributed by atoms with E-state index in [2.05, 4.69) is 4.74 Å². The molecule has 1 N–H and O–H groups in total. The Morgan fingerprint density at radius 2 is 1.96 bits per heavy atom. The molecule has 1 aromatic carbocycles. The summed E-state index contributed by atoms with van der Waals surface area (Å²) in [5, 5.41) is 9.18. The van der Waals surface area contributed by atoms with Crippen LogP contribution in [0.3, 0.4) is 0 Å². The number of piperidine rings is 1. The van der Waals surface area contributed by atoms with E-state index in [4.69, 9.17) is 0 Å². The maximum absolute atomic E-state index is 12.4. The van der Waals surface area contributed by atoms with Crippen molar-refractivity contribution in [2.45, 2.75) is 44.5 Å². The first kappa shape index (κ1) is 18.1. The summed E-state index contributed by atoms with van der Waals surface area (Å²) in [5.74, 6) is -1.76. The van der Waals surface area contributed by atoms with Crippen LogP contribution in [0.25, 0.3) is 0 Å². The molecule has 1 atom stereocenters. The highest BCUT2D eigenvalue weighted by molar-refractivity contribution is 5.84. The molecule has 1 aromatic rings. The summed E-state index contributed by atoms with van der Waals surface area (Å²) in [6.07, 6.45) is -2.96. The number of aliphatic carboxylic acids is 1. The van der Waals surface area contributed by atoms with Crippen molar-refractivity contribution in [3.63, 3.8) is 0 Å².